The minimum atomic E-state index is -0.123. The van der Waals surface area contributed by atoms with Crippen molar-refractivity contribution in [2.24, 2.45) is 5.92 Å². The fourth-order valence-corrected chi connectivity index (χ4v) is 1.78. The zero-order valence-corrected chi connectivity index (χ0v) is 7.95. The fraction of sp³-hybridized carbons (Fsp3) is 0.889. The average Bonchev–Trinajstić information content (AvgIpc) is 2.18. The predicted molar refractivity (Wildman–Crippen MR) is 47.3 cm³/mol. The number of hydrogen-bond donors (Lipinski definition) is 2. The standard InChI is InChI=1S/C9H17NO3/c1-2-13-9(11)7-4-3-5-8(6-7)10-12/h7-8,10,12H,2-6H2,1H3. The van der Waals surface area contributed by atoms with Gasteiger partial charge in [-0.05, 0) is 26.2 Å². The van der Waals surface area contributed by atoms with Gasteiger partial charge in [0.15, 0.2) is 0 Å². The Labute approximate surface area is 78.2 Å². The van der Waals surface area contributed by atoms with E-state index in [2.05, 4.69) is 5.48 Å². The minimum Gasteiger partial charge on any atom is -0.466 e. The van der Waals surface area contributed by atoms with E-state index in [0.29, 0.717) is 13.0 Å². The summed E-state index contributed by atoms with van der Waals surface area (Å²) in [5, 5.41) is 8.72. The lowest BCUT2D eigenvalue weighted by atomic mass is 9.86. The molecule has 13 heavy (non-hydrogen) atoms. The molecule has 2 N–H and O–H groups in total. The second kappa shape index (κ2) is 5.19. The molecule has 0 saturated heterocycles. The fourth-order valence-electron chi connectivity index (χ4n) is 1.78. The molecule has 2 atom stereocenters. The highest BCUT2D eigenvalue weighted by molar-refractivity contribution is 5.72. The molecule has 0 radical (unpaired) electrons. The quantitative estimate of drug-likeness (QED) is 0.513. The Morgan fingerprint density at radius 2 is 2.38 bits per heavy atom. The molecule has 0 aliphatic heterocycles. The summed E-state index contributed by atoms with van der Waals surface area (Å²) in [4.78, 5) is 11.3. The molecule has 1 saturated carbocycles. The number of hydroxylamine groups is 1. The molecule has 76 valence electrons. The molecular formula is C9H17NO3. The highest BCUT2D eigenvalue weighted by Gasteiger charge is 2.27. The lowest BCUT2D eigenvalue weighted by molar-refractivity contribution is -0.149. The third kappa shape index (κ3) is 2.97. The number of carbonyl (C=O) groups is 1. The van der Waals surface area contributed by atoms with Crippen LogP contribution in [0.3, 0.4) is 0 Å². The van der Waals surface area contributed by atoms with Crippen molar-refractivity contribution < 1.29 is 14.7 Å². The Hall–Kier alpha value is -0.610. The van der Waals surface area contributed by atoms with Gasteiger partial charge in [0.25, 0.3) is 0 Å². The molecular weight excluding hydrogens is 170 g/mol. The molecule has 2 unspecified atom stereocenters. The Kier molecular flexibility index (Phi) is 4.18. The van der Waals surface area contributed by atoms with Crippen molar-refractivity contribution in [3.63, 3.8) is 0 Å². The molecule has 1 aliphatic carbocycles. The normalized spacial score (nSPS) is 28.5. The summed E-state index contributed by atoms with van der Waals surface area (Å²) in [6.07, 6.45) is 3.49. The van der Waals surface area contributed by atoms with Crippen molar-refractivity contribution in [1.82, 2.24) is 5.48 Å². The van der Waals surface area contributed by atoms with E-state index >= 15 is 0 Å². The largest absolute Gasteiger partial charge is 0.466 e. The molecule has 1 aliphatic rings. The summed E-state index contributed by atoms with van der Waals surface area (Å²) in [5.41, 5.74) is 2.22. The smallest absolute Gasteiger partial charge is 0.308 e. The average molecular weight is 187 g/mol. The van der Waals surface area contributed by atoms with E-state index < -0.39 is 0 Å². The van der Waals surface area contributed by atoms with Gasteiger partial charge in [-0.15, -0.1) is 0 Å². The molecule has 4 heteroatoms. The van der Waals surface area contributed by atoms with Gasteiger partial charge in [-0.25, -0.2) is 5.48 Å². The highest BCUT2D eigenvalue weighted by atomic mass is 16.5. The Morgan fingerprint density at radius 3 is 3.00 bits per heavy atom. The van der Waals surface area contributed by atoms with Gasteiger partial charge >= 0.3 is 5.97 Å². The summed E-state index contributed by atoms with van der Waals surface area (Å²) in [7, 11) is 0. The van der Waals surface area contributed by atoms with E-state index in [1.54, 1.807) is 0 Å². The molecule has 0 spiro atoms. The number of nitrogens with one attached hydrogen (secondary N) is 1. The number of carbonyl (C=O) groups excluding carboxylic acids is 1. The number of ether oxygens (including phenoxy) is 1. The van der Waals surface area contributed by atoms with E-state index in [1.165, 1.54) is 0 Å². The maximum Gasteiger partial charge on any atom is 0.308 e. The van der Waals surface area contributed by atoms with E-state index in [4.69, 9.17) is 9.94 Å². The Balaban J connectivity index is 2.37. The zero-order valence-electron chi connectivity index (χ0n) is 7.95. The first-order chi connectivity index (χ1) is 6.27. The first-order valence-corrected chi connectivity index (χ1v) is 4.84. The third-order valence-electron chi connectivity index (χ3n) is 2.48. The molecule has 1 rings (SSSR count). The monoisotopic (exact) mass is 187 g/mol. The number of rotatable bonds is 3. The zero-order chi connectivity index (χ0) is 9.68. The van der Waals surface area contributed by atoms with E-state index in [1.807, 2.05) is 6.92 Å². The third-order valence-corrected chi connectivity index (χ3v) is 2.48. The molecule has 0 bridgehead atoms. The van der Waals surface area contributed by atoms with Crippen LogP contribution < -0.4 is 5.48 Å². The Bertz CT molecular complexity index is 172. The van der Waals surface area contributed by atoms with Gasteiger partial charge in [-0.2, -0.15) is 0 Å². The molecule has 1 fully saturated rings. The van der Waals surface area contributed by atoms with Crippen LogP contribution >= 0.6 is 0 Å². The van der Waals surface area contributed by atoms with Crippen molar-refractivity contribution in [2.75, 3.05) is 6.61 Å². The molecule has 0 heterocycles. The van der Waals surface area contributed by atoms with Gasteiger partial charge in [0.1, 0.15) is 0 Å². The van der Waals surface area contributed by atoms with Crippen LogP contribution in [0.4, 0.5) is 0 Å². The van der Waals surface area contributed by atoms with Crippen LogP contribution in [0.2, 0.25) is 0 Å². The summed E-state index contributed by atoms with van der Waals surface area (Å²) >= 11 is 0. The van der Waals surface area contributed by atoms with E-state index in [0.717, 1.165) is 19.3 Å². The van der Waals surface area contributed by atoms with E-state index in [-0.39, 0.29) is 17.9 Å². The van der Waals surface area contributed by atoms with Gasteiger partial charge in [0, 0.05) is 6.04 Å². The van der Waals surface area contributed by atoms with E-state index in [9.17, 15) is 4.79 Å². The van der Waals surface area contributed by atoms with Crippen molar-refractivity contribution >= 4 is 5.97 Å². The molecule has 0 aromatic heterocycles. The van der Waals surface area contributed by atoms with Gasteiger partial charge < -0.3 is 9.94 Å². The molecule has 0 aromatic rings. The SMILES string of the molecule is CCOC(=O)C1CCCC(NO)C1. The first-order valence-electron chi connectivity index (χ1n) is 4.84. The number of hydrogen-bond acceptors (Lipinski definition) is 4. The summed E-state index contributed by atoms with van der Waals surface area (Å²) in [6.45, 7) is 2.25. The highest BCUT2D eigenvalue weighted by Crippen LogP contribution is 2.24. The summed E-state index contributed by atoms with van der Waals surface area (Å²) in [6, 6.07) is 0.0585. The Morgan fingerprint density at radius 1 is 1.62 bits per heavy atom. The number of esters is 1. The lowest BCUT2D eigenvalue weighted by Gasteiger charge is -2.26. The second-order valence-corrected chi connectivity index (χ2v) is 3.44. The maximum absolute atomic E-state index is 11.3. The van der Waals surface area contributed by atoms with Crippen LogP contribution in [0.5, 0.6) is 0 Å². The lowest BCUT2D eigenvalue weighted by Crippen LogP contribution is -2.35. The topological polar surface area (TPSA) is 58.6 Å². The molecule has 0 amide bonds. The maximum atomic E-state index is 11.3. The van der Waals surface area contributed by atoms with Crippen LogP contribution in [0, 0.1) is 5.92 Å². The van der Waals surface area contributed by atoms with Crippen molar-refractivity contribution in [1.29, 1.82) is 0 Å². The summed E-state index contributed by atoms with van der Waals surface area (Å²) < 4.78 is 4.93. The van der Waals surface area contributed by atoms with Crippen LogP contribution in [-0.2, 0) is 9.53 Å². The van der Waals surface area contributed by atoms with Crippen molar-refractivity contribution in [3.8, 4) is 0 Å². The summed E-state index contributed by atoms with van der Waals surface area (Å²) in [5.74, 6) is -0.152. The van der Waals surface area contributed by atoms with Crippen LogP contribution in [0.25, 0.3) is 0 Å². The van der Waals surface area contributed by atoms with Crippen molar-refractivity contribution in [3.05, 3.63) is 0 Å². The van der Waals surface area contributed by atoms with Crippen LogP contribution in [0.1, 0.15) is 32.6 Å². The predicted octanol–water partition coefficient (Wildman–Crippen LogP) is 1.09. The van der Waals surface area contributed by atoms with Gasteiger partial charge in [0.05, 0.1) is 12.5 Å². The second-order valence-electron chi connectivity index (χ2n) is 3.44. The minimum absolute atomic E-state index is 0.0293. The van der Waals surface area contributed by atoms with Gasteiger partial charge in [0.2, 0.25) is 0 Å². The molecule has 4 nitrogen and oxygen atoms in total. The first kappa shape index (κ1) is 10.5. The molecule has 0 aromatic carbocycles. The van der Waals surface area contributed by atoms with Gasteiger partial charge in [-0.3, -0.25) is 4.79 Å². The van der Waals surface area contributed by atoms with Gasteiger partial charge in [-0.1, -0.05) is 6.42 Å². The van der Waals surface area contributed by atoms with Crippen LogP contribution in [0.15, 0.2) is 0 Å². The van der Waals surface area contributed by atoms with Crippen LogP contribution in [-0.4, -0.2) is 23.8 Å². The van der Waals surface area contributed by atoms with Crippen molar-refractivity contribution in [2.45, 2.75) is 38.6 Å².